The Morgan fingerprint density at radius 1 is 0.784 bits per heavy atom. The summed E-state index contributed by atoms with van der Waals surface area (Å²) >= 11 is 0. The fourth-order valence-corrected chi connectivity index (χ4v) is 18.9. The van der Waals surface area contributed by atoms with Crippen LogP contribution in [0.25, 0.3) is 0 Å². The minimum atomic E-state index is -2.34. The number of ether oxygens (including phenoxy) is 11. The van der Waals surface area contributed by atoms with E-state index in [4.69, 9.17) is 65.4 Å². The lowest BCUT2D eigenvalue weighted by Crippen LogP contribution is -2.68. The first-order chi connectivity index (χ1) is 34.6. The molecule has 17 nitrogen and oxygen atoms in total. The van der Waals surface area contributed by atoms with E-state index in [-0.39, 0.29) is 48.7 Å². The highest BCUT2D eigenvalue weighted by atomic mass is 28.4. The summed E-state index contributed by atoms with van der Waals surface area (Å²) in [6.45, 7) is 37.3. The molecule has 0 amide bonds. The highest BCUT2D eigenvalue weighted by molar-refractivity contribution is 6.74. The first kappa shape index (κ1) is 67.1. The molecule has 3 aliphatic heterocycles. The molecule has 0 aromatic rings. The lowest BCUT2D eigenvalue weighted by Gasteiger charge is -2.56. The van der Waals surface area contributed by atoms with Crippen LogP contribution in [0.3, 0.4) is 0 Å². The van der Waals surface area contributed by atoms with Gasteiger partial charge in [-0.15, -0.1) is 0 Å². The molecule has 0 unspecified atom stereocenters. The number of carbonyl (C=O) groups excluding carboxylic acids is 3. The molecule has 3 aliphatic rings. The van der Waals surface area contributed by atoms with Crippen molar-refractivity contribution < 1.29 is 79.8 Å². The van der Waals surface area contributed by atoms with Gasteiger partial charge in [-0.25, -0.2) is 0 Å². The number of carbonyl (C=O) groups is 3. The Hall–Kier alpha value is -1.22. The van der Waals surface area contributed by atoms with Crippen molar-refractivity contribution in [1.82, 2.24) is 0 Å². The van der Waals surface area contributed by atoms with Gasteiger partial charge in [0.05, 0.1) is 54.9 Å². The quantitative estimate of drug-likeness (QED) is 0.0376. The normalized spacial score (nSPS) is 33.1. The maximum atomic E-state index is 13.2. The average molecular weight is 1110 g/mol. The van der Waals surface area contributed by atoms with Crippen molar-refractivity contribution in [1.29, 1.82) is 0 Å². The number of rotatable bonds is 30. The fourth-order valence-electron chi connectivity index (χ4n) is 11.5. The van der Waals surface area contributed by atoms with Crippen LogP contribution < -0.4 is 0 Å². The molecule has 3 fully saturated rings. The van der Waals surface area contributed by atoms with Crippen LogP contribution in [0.15, 0.2) is 0 Å². The van der Waals surface area contributed by atoms with Crippen LogP contribution >= 0.6 is 0 Å². The van der Waals surface area contributed by atoms with E-state index in [1.807, 2.05) is 20.8 Å². The van der Waals surface area contributed by atoms with E-state index in [2.05, 4.69) is 89.3 Å². The van der Waals surface area contributed by atoms with Crippen LogP contribution in [-0.4, -0.2) is 169 Å². The summed E-state index contributed by atoms with van der Waals surface area (Å²) in [5.74, 6) is -3.89. The fraction of sp³-hybridized carbons (Fsp3) is 0.944. The van der Waals surface area contributed by atoms with Gasteiger partial charge < -0.3 is 70.2 Å². The highest BCUT2D eigenvalue weighted by Crippen LogP contribution is 2.49. The number of hydrogen-bond donors (Lipinski definition) is 0. The van der Waals surface area contributed by atoms with Gasteiger partial charge in [-0.05, 0) is 75.2 Å². The lowest BCUT2D eigenvalue weighted by molar-refractivity contribution is -0.372. The number of aldehydes is 1. The lowest BCUT2D eigenvalue weighted by atomic mass is 9.76. The molecule has 0 N–H and O–H groups in total. The summed E-state index contributed by atoms with van der Waals surface area (Å²) in [6.07, 6.45) is -6.89. The second-order valence-corrected chi connectivity index (χ2v) is 37.3. The van der Waals surface area contributed by atoms with Gasteiger partial charge in [0, 0.05) is 79.8 Å². The van der Waals surface area contributed by atoms with Crippen LogP contribution in [0.1, 0.15) is 136 Å². The molecular formula is C54H104O17Si3. The van der Waals surface area contributed by atoms with Crippen LogP contribution in [0.4, 0.5) is 0 Å². The van der Waals surface area contributed by atoms with Gasteiger partial charge in [0.25, 0.3) is 0 Å². The van der Waals surface area contributed by atoms with Crippen LogP contribution in [0.5, 0.6) is 0 Å². The Balaban J connectivity index is 2.13. The molecule has 0 radical (unpaired) electrons. The van der Waals surface area contributed by atoms with Crippen molar-refractivity contribution in [2.75, 3.05) is 35.0 Å². The van der Waals surface area contributed by atoms with E-state index in [0.717, 1.165) is 36.3 Å². The first-order valence-corrected chi connectivity index (χ1v) is 35.8. The number of esters is 2. The van der Waals surface area contributed by atoms with Crippen molar-refractivity contribution in [3.05, 3.63) is 0 Å². The molecule has 20 heteroatoms. The molecule has 3 saturated heterocycles. The van der Waals surface area contributed by atoms with Gasteiger partial charge in [0.1, 0.15) is 24.6 Å². The van der Waals surface area contributed by atoms with Gasteiger partial charge in [-0.1, -0.05) is 76.2 Å². The monoisotopic (exact) mass is 1110 g/mol. The van der Waals surface area contributed by atoms with Gasteiger partial charge in [-0.2, -0.15) is 0 Å². The molecule has 0 spiro atoms. The second kappa shape index (κ2) is 28.8. The van der Waals surface area contributed by atoms with Crippen LogP contribution in [0.2, 0.25) is 54.4 Å². The van der Waals surface area contributed by atoms with Crippen molar-refractivity contribution in [2.45, 2.75) is 282 Å². The average Bonchev–Trinajstić information content (AvgIpc) is 3.34. The molecule has 17 atom stereocenters. The number of hydrogen-bond acceptors (Lipinski definition) is 17. The summed E-state index contributed by atoms with van der Waals surface area (Å²) in [5, 5.41) is 0.0106. The molecule has 0 saturated carbocycles. The maximum absolute atomic E-state index is 13.2. The Labute approximate surface area is 450 Å². The van der Waals surface area contributed by atoms with E-state index in [0.29, 0.717) is 19.1 Å². The summed E-state index contributed by atoms with van der Waals surface area (Å²) < 4.78 is 92.9. The van der Waals surface area contributed by atoms with Gasteiger partial charge in [0.15, 0.2) is 43.6 Å². The predicted octanol–water partition coefficient (Wildman–Crippen LogP) is 10.1. The highest BCUT2D eigenvalue weighted by Gasteiger charge is 2.62. The van der Waals surface area contributed by atoms with E-state index >= 15 is 0 Å². The molecule has 0 aliphatic carbocycles. The molecule has 434 valence electrons. The Morgan fingerprint density at radius 3 is 1.82 bits per heavy atom. The van der Waals surface area contributed by atoms with E-state index < -0.39 is 116 Å². The maximum Gasteiger partial charge on any atom is 0.303 e. The van der Waals surface area contributed by atoms with E-state index in [1.165, 1.54) is 28.1 Å². The molecule has 0 aromatic carbocycles. The summed E-state index contributed by atoms with van der Waals surface area (Å²) in [7, 11) is -0.560. The van der Waals surface area contributed by atoms with Crippen molar-refractivity contribution >= 4 is 43.2 Å². The van der Waals surface area contributed by atoms with E-state index in [9.17, 15) is 14.4 Å². The molecule has 3 heterocycles. The Kier molecular flexibility index (Phi) is 26.1. The smallest absolute Gasteiger partial charge is 0.303 e. The second-order valence-electron chi connectivity index (χ2n) is 23.1. The van der Waals surface area contributed by atoms with Crippen molar-refractivity contribution in [3.63, 3.8) is 0 Å². The Bertz CT molecular complexity index is 1700. The SMILES string of the molecule is CC[Si](CC)(CC)O[C@H]1[C@@H](C)[C@@H](C[C@H](COC)O[C@H]2C[C@](C)(O[Si](CC)(CC)CC)[C@@H](O[C@H]3C[C@@H](OC)[C@H](O[Si](C)(C)C(C)(C)C)[C@@H](C)O3)[C@H](C)O2)O[C@@](OC)([C@H](OC(C)=O)[C@H](C[C@@H](C=O)OC)OC(C)=O)[C@@H]1C. The minimum absolute atomic E-state index is 0.0106. The number of methoxy groups -OCH3 is 4. The topological polar surface area (TPSA) is 180 Å². The zero-order chi connectivity index (χ0) is 56.2. The largest absolute Gasteiger partial charge is 0.458 e. The minimum Gasteiger partial charge on any atom is -0.458 e. The van der Waals surface area contributed by atoms with Crippen LogP contribution in [0, 0.1) is 11.8 Å². The molecule has 0 aromatic heterocycles. The molecular weight excluding hydrogens is 1000 g/mol. The summed E-state index contributed by atoms with van der Waals surface area (Å²) in [4.78, 5) is 38.2. The van der Waals surface area contributed by atoms with Crippen molar-refractivity contribution in [2.24, 2.45) is 11.8 Å². The third-order valence-corrected chi connectivity index (χ3v) is 31.3. The third-order valence-electron chi connectivity index (χ3n) is 17.5. The van der Waals surface area contributed by atoms with E-state index in [1.54, 1.807) is 14.2 Å². The zero-order valence-corrected chi connectivity index (χ0v) is 53.0. The molecule has 74 heavy (non-hydrogen) atoms. The zero-order valence-electron chi connectivity index (χ0n) is 50.0. The first-order valence-electron chi connectivity index (χ1n) is 27.8. The van der Waals surface area contributed by atoms with Gasteiger partial charge >= 0.3 is 11.9 Å². The summed E-state index contributed by atoms with van der Waals surface area (Å²) in [6, 6.07) is 5.41. The Morgan fingerprint density at radius 2 is 1.35 bits per heavy atom. The third kappa shape index (κ3) is 16.2. The predicted molar refractivity (Wildman–Crippen MR) is 291 cm³/mol. The van der Waals surface area contributed by atoms with Gasteiger partial charge in [0.2, 0.25) is 5.79 Å². The molecule has 0 bridgehead atoms. The standard InChI is InChI=1S/C54H104O17Si3/c1-23-73(24-2,25-3)70-48-35(7)43(68-54(61-20,36(48)8)51(65-40(12)57)45(64-39(11)56)29-41(33-55)59-18)30-42(34-58-17)66-47-32-53(16,71-74(26-4,27-5)28-6)50(38(10)63-47)67-46-31-44(60-19)49(37(9)62-46)69-72(21,22)52(13,14)15/h33,35-38,41-51H,23-32,34H2,1-22H3/t35-,36+,37+,38-,41-,42+,43+,44+,45-,46-,47-,48-,49+,50-,51+,53-,54+/m0/s1. The summed E-state index contributed by atoms with van der Waals surface area (Å²) in [5.41, 5.74) is -0.856. The molecule has 3 rings (SSSR count). The van der Waals surface area contributed by atoms with Crippen molar-refractivity contribution in [3.8, 4) is 0 Å². The van der Waals surface area contributed by atoms with Gasteiger partial charge in [-0.3, -0.25) is 9.59 Å². The van der Waals surface area contributed by atoms with Crippen LogP contribution in [-0.2, 0) is 79.8 Å².